The Morgan fingerprint density at radius 3 is 2.59 bits per heavy atom. The minimum Gasteiger partial charge on any atom is -0.348 e. The summed E-state index contributed by atoms with van der Waals surface area (Å²) in [7, 11) is 0. The second kappa shape index (κ2) is 4.97. The zero-order valence-electron chi connectivity index (χ0n) is 10.7. The lowest BCUT2D eigenvalue weighted by Crippen LogP contribution is -3.14. The third-order valence-corrected chi connectivity index (χ3v) is 5.06. The molecule has 3 nitrogen and oxygen atoms in total. The number of hydrogen-bond acceptors (Lipinski definition) is 1. The smallest absolute Gasteiger partial charge is 0.275 e. The summed E-state index contributed by atoms with van der Waals surface area (Å²) in [6.45, 7) is 3.11. The molecule has 17 heavy (non-hydrogen) atoms. The van der Waals surface area contributed by atoms with Gasteiger partial charge in [-0.2, -0.15) is 0 Å². The van der Waals surface area contributed by atoms with Gasteiger partial charge in [0.2, 0.25) is 0 Å². The van der Waals surface area contributed by atoms with E-state index in [1.54, 1.807) is 0 Å². The fourth-order valence-corrected chi connectivity index (χ4v) is 4.13. The Labute approximate surface area is 104 Å². The second-order valence-corrected chi connectivity index (χ2v) is 6.34. The van der Waals surface area contributed by atoms with E-state index < -0.39 is 0 Å². The van der Waals surface area contributed by atoms with Gasteiger partial charge in [0.25, 0.3) is 5.91 Å². The first-order valence-electron chi connectivity index (χ1n) is 7.44. The monoisotopic (exact) mass is 237 g/mol. The molecule has 0 unspecified atom stereocenters. The molecule has 0 aromatic heterocycles. The Kier molecular flexibility index (Phi) is 3.37. The summed E-state index contributed by atoms with van der Waals surface area (Å²) in [5.41, 5.74) is 0. The molecular weight excluding hydrogens is 212 g/mol. The van der Waals surface area contributed by atoms with Gasteiger partial charge in [0.15, 0.2) is 6.54 Å². The van der Waals surface area contributed by atoms with Crippen LogP contribution in [0.3, 0.4) is 0 Å². The number of likely N-dealkylation sites (tertiary alicyclic amines) is 1. The van der Waals surface area contributed by atoms with E-state index in [2.05, 4.69) is 5.32 Å². The quantitative estimate of drug-likeness (QED) is 0.730. The Morgan fingerprint density at radius 1 is 1.12 bits per heavy atom. The van der Waals surface area contributed by atoms with E-state index in [0.29, 0.717) is 18.5 Å². The zero-order valence-corrected chi connectivity index (χ0v) is 10.7. The Hall–Kier alpha value is -0.570. The molecule has 3 aliphatic rings. The number of carbonyl (C=O) groups excluding carboxylic acids is 1. The molecule has 1 amide bonds. The van der Waals surface area contributed by atoms with Crippen LogP contribution in [0.2, 0.25) is 0 Å². The highest BCUT2D eigenvalue weighted by molar-refractivity contribution is 5.77. The number of piperidine rings is 1. The molecule has 2 aliphatic carbocycles. The van der Waals surface area contributed by atoms with Crippen molar-refractivity contribution in [3.63, 3.8) is 0 Å². The molecule has 0 aromatic carbocycles. The number of carbonyl (C=O) groups is 1. The number of rotatable bonds is 3. The lowest BCUT2D eigenvalue weighted by atomic mass is 9.95. The Balaban J connectivity index is 1.44. The van der Waals surface area contributed by atoms with Gasteiger partial charge in [0.05, 0.1) is 13.1 Å². The summed E-state index contributed by atoms with van der Waals surface area (Å²) in [4.78, 5) is 13.5. The van der Waals surface area contributed by atoms with Gasteiger partial charge in [-0.25, -0.2) is 0 Å². The van der Waals surface area contributed by atoms with E-state index in [-0.39, 0.29) is 0 Å². The molecule has 3 atom stereocenters. The third-order valence-electron chi connectivity index (χ3n) is 5.06. The molecule has 1 heterocycles. The van der Waals surface area contributed by atoms with Crippen LogP contribution >= 0.6 is 0 Å². The second-order valence-electron chi connectivity index (χ2n) is 6.34. The van der Waals surface area contributed by atoms with Crippen molar-refractivity contribution in [1.82, 2.24) is 5.32 Å². The van der Waals surface area contributed by atoms with Gasteiger partial charge in [-0.1, -0.05) is 6.42 Å². The highest BCUT2D eigenvalue weighted by Crippen LogP contribution is 2.44. The van der Waals surface area contributed by atoms with Gasteiger partial charge in [0.1, 0.15) is 0 Å². The standard InChI is InChI=1S/C14H24N2O/c17-14(10-16-6-2-1-3-7-16)15-13-9-11-4-5-12(13)8-11/h11-13H,1-10H2,(H,15,17)/p+1/t11-,12+,13-/m0/s1. The topological polar surface area (TPSA) is 33.5 Å². The van der Waals surface area contributed by atoms with Crippen LogP contribution < -0.4 is 10.2 Å². The SMILES string of the molecule is O=C(C[NH+]1CCCCC1)N[C@H]1C[C@H]2CC[C@@H]1C2. The van der Waals surface area contributed by atoms with Gasteiger partial charge in [-0.05, 0) is 50.4 Å². The number of fused-ring (bicyclic) bond motifs is 2. The Morgan fingerprint density at radius 2 is 1.94 bits per heavy atom. The number of quaternary nitrogens is 1. The number of nitrogens with one attached hydrogen (secondary N) is 2. The fraction of sp³-hybridized carbons (Fsp3) is 0.929. The zero-order chi connectivity index (χ0) is 11.7. The normalized spacial score (nSPS) is 37.3. The summed E-state index contributed by atoms with van der Waals surface area (Å²) >= 11 is 0. The molecule has 96 valence electrons. The summed E-state index contributed by atoms with van der Waals surface area (Å²) in [6, 6.07) is 0.519. The van der Waals surface area contributed by atoms with Gasteiger partial charge in [0, 0.05) is 6.04 Å². The largest absolute Gasteiger partial charge is 0.348 e. The summed E-state index contributed by atoms with van der Waals surface area (Å²) in [6.07, 6.45) is 9.36. The highest BCUT2D eigenvalue weighted by Gasteiger charge is 2.40. The van der Waals surface area contributed by atoms with Gasteiger partial charge in [-0.3, -0.25) is 4.79 Å². The Bertz CT molecular complexity index is 286. The van der Waals surface area contributed by atoms with Crippen LogP contribution in [0.25, 0.3) is 0 Å². The predicted octanol–water partition coefficient (Wildman–Crippen LogP) is 0.360. The summed E-state index contributed by atoms with van der Waals surface area (Å²) in [5, 5.41) is 3.30. The highest BCUT2D eigenvalue weighted by atomic mass is 16.2. The van der Waals surface area contributed by atoms with Crippen molar-refractivity contribution in [3.8, 4) is 0 Å². The molecule has 0 spiro atoms. The van der Waals surface area contributed by atoms with E-state index in [1.165, 1.54) is 62.9 Å². The van der Waals surface area contributed by atoms with Gasteiger partial charge < -0.3 is 10.2 Å². The molecule has 3 fully saturated rings. The average Bonchev–Trinajstić information content (AvgIpc) is 2.92. The minimum atomic E-state index is 0.305. The van der Waals surface area contributed by atoms with Crippen molar-refractivity contribution < 1.29 is 9.69 Å². The molecule has 2 N–H and O–H groups in total. The molecule has 3 rings (SSSR count). The molecule has 2 bridgehead atoms. The minimum absolute atomic E-state index is 0.305. The maximum atomic E-state index is 12.0. The van der Waals surface area contributed by atoms with E-state index >= 15 is 0 Å². The lowest BCUT2D eigenvalue weighted by Gasteiger charge is -2.26. The van der Waals surface area contributed by atoms with Crippen LogP contribution in [0.5, 0.6) is 0 Å². The van der Waals surface area contributed by atoms with Gasteiger partial charge >= 0.3 is 0 Å². The first-order valence-corrected chi connectivity index (χ1v) is 7.44. The maximum absolute atomic E-state index is 12.0. The third kappa shape index (κ3) is 2.65. The van der Waals surface area contributed by atoms with Crippen LogP contribution in [0.15, 0.2) is 0 Å². The predicted molar refractivity (Wildman–Crippen MR) is 66.8 cm³/mol. The van der Waals surface area contributed by atoms with E-state index in [1.807, 2.05) is 0 Å². The first kappa shape index (κ1) is 11.5. The molecule has 3 heteroatoms. The van der Waals surface area contributed by atoms with Crippen molar-refractivity contribution in [2.45, 2.75) is 51.0 Å². The molecule has 2 saturated carbocycles. The van der Waals surface area contributed by atoms with E-state index in [0.717, 1.165) is 11.8 Å². The maximum Gasteiger partial charge on any atom is 0.275 e. The molecule has 1 aliphatic heterocycles. The first-order chi connectivity index (χ1) is 8.31. The van der Waals surface area contributed by atoms with Crippen molar-refractivity contribution in [2.24, 2.45) is 11.8 Å². The van der Waals surface area contributed by atoms with Crippen molar-refractivity contribution >= 4 is 5.91 Å². The van der Waals surface area contributed by atoms with Crippen molar-refractivity contribution in [1.29, 1.82) is 0 Å². The molecule has 0 aromatic rings. The van der Waals surface area contributed by atoms with Crippen molar-refractivity contribution in [2.75, 3.05) is 19.6 Å². The lowest BCUT2D eigenvalue weighted by molar-refractivity contribution is -0.896. The fourth-order valence-electron chi connectivity index (χ4n) is 4.13. The summed E-state index contributed by atoms with van der Waals surface area (Å²) < 4.78 is 0. The van der Waals surface area contributed by atoms with Crippen LogP contribution in [0.4, 0.5) is 0 Å². The summed E-state index contributed by atoms with van der Waals surface area (Å²) in [5.74, 6) is 2.03. The number of amides is 1. The van der Waals surface area contributed by atoms with Gasteiger partial charge in [-0.15, -0.1) is 0 Å². The van der Waals surface area contributed by atoms with Crippen LogP contribution in [-0.2, 0) is 4.79 Å². The molecule has 1 saturated heterocycles. The van der Waals surface area contributed by atoms with Crippen molar-refractivity contribution in [3.05, 3.63) is 0 Å². The average molecular weight is 237 g/mol. The van der Waals surface area contributed by atoms with Crippen LogP contribution in [0.1, 0.15) is 44.9 Å². The van der Waals surface area contributed by atoms with E-state index in [9.17, 15) is 4.79 Å². The van der Waals surface area contributed by atoms with E-state index in [4.69, 9.17) is 0 Å². The molecule has 0 radical (unpaired) electrons. The number of hydrogen-bond donors (Lipinski definition) is 2. The van der Waals surface area contributed by atoms with Crippen LogP contribution in [-0.4, -0.2) is 31.6 Å². The molecular formula is C14H25N2O+. The van der Waals surface area contributed by atoms with Crippen LogP contribution in [0, 0.1) is 11.8 Å².